The summed E-state index contributed by atoms with van der Waals surface area (Å²) in [5.41, 5.74) is 8.13. The Hall–Kier alpha value is -5.35. The Morgan fingerprint density at radius 1 is 1.00 bits per heavy atom. The van der Waals surface area contributed by atoms with Crippen LogP contribution in [-0.4, -0.2) is 65.8 Å². The number of aromatic hydroxyl groups is 2. The molecule has 0 saturated heterocycles. The largest absolute Gasteiger partial charge is 0.508 e. The molecule has 0 bridgehead atoms. The standard InChI is InChI=1S/C16H12N12O5/c17-11-12-19-8(14(33)25-28(12)26-21-11)7(10(31)5-2-1-4(29)3-6(5)30)9-13(32)24-27-15(18)22-23-16(27)20-9/h1-3,7,29-30H,17H2,(H2,18,22)(H,24,32)(H,25,33)/t7-/m0/s1. The van der Waals surface area contributed by atoms with Gasteiger partial charge in [-0.25, -0.2) is 15.1 Å². The van der Waals surface area contributed by atoms with Gasteiger partial charge >= 0.3 is 0 Å². The summed E-state index contributed by atoms with van der Waals surface area (Å²) < 4.78 is 1.87. The Morgan fingerprint density at radius 3 is 2.48 bits per heavy atom. The van der Waals surface area contributed by atoms with Crippen molar-refractivity contribution >= 4 is 29.0 Å². The van der Waals surface area contributed by atoms with Gasteiger partial charge in [-0.1, -0.05) is 0 Å². The van der Waals surface area contributed by atoms with E-state index in [9.17, 15) is 24.6 Å². The van der Waals surface area contributed by atoms with Gasteiger partial charge in [0.15, 0.2) is 11.6 Å². The summed E-state index contributed by atoms with van der Waals surface area (Å²) in [5.74, 6) is -4.09. The molecule has 8 N–H and O–H groups in total. The number of ketones is 1. The molecule has 0 radical (unpaired) electrons. The van der Waals surface area contributed by atoms with Gasteiger partial charge < -0.3 is 21.7 Å². The van der Waals surface area contributed by atoms with Gasteiger partial charge in [0.25, 0.3) is 16.9 Å². The maximum Gasteiger partial charge on any atom is 0.287 e. The first-order valence-electron chi connectivity index (χ1n) is 9.02. The summed E-state index contributed by atoms with van der Waals surface area (Å²) in [6.45, 7) is 0. The minimum Gasteiger partial charge on any atom is -0.508 e. The maximum atomic E-state index is 13.5. The van der Waals surface area contributed by atoms with Gasteiger partial charge in [0.1, 0.15) is 28.8 Å². The third-order valence-corrected chi connectivity index (χ3v) is 4.73. The highest BCUT2D eigenvalue weighted by atomic mass is 16.3. The maximum absolute atomic E-state index is 13.5. The van der Waals surface area contributed by atoms with E-state index in [0.717, 1.165) is 27.3 Å². The second-order valence-electron chi connectivity index (χ2n) is 6.78. The molecule has 5 rings (SSSR count). The zero-order valence-corrected chi connectivity index (χ0v) is 16.2. The molecule has 0 spiro atoms. The topological polar surface area (TPSA) is 261 Å². The Bertz CT molecular complexity index is 1700. The Kier molecular flexibility index (Phi) is 4.06. The molecule has 4 aromatic heterocycles. The molecule has 0 amide bonds. The number of anilines is 2. The zero-order valence-electron chi connectivity index (χ0n) is 16.2. The molecular formula is C16H12N12O5. The minimum atomic E-state index is -1.74. The van der Waals surface area contributed by atoms with Crippen LogP contribution < -0.4 is 22.6 Å². The van der Waals surface area contributed by atoms with Crippen LogP contribution in [0, 0.1) is 0 Å². The lowest BCUT2D eigenvalue weighted by Crippen LogP contribution is -2.33. The highest BCUT2D eigenvalue weighted by molar-refractivity contribution is 6.04. The molecule has 4 heterocycles. The van der Waals surface area contributed by atoms with Gasteiger partial charge in [0.05, 0.1) is 5.56 Å². The molecule has 166 valence electrons. The van der Waals surface area contributed by atoms with Gasteiger partial charge in [-0.2, -0.15) is 4.52 Å². The summed E-state index contributed by atoms with van der Waals surface area (Å²) in [7, 11) is 0. The smallest absolute Gasteiger partial charge is 0.287 e. The van der Waals surface area contributed by atoms with Gasteiger partial charge in [-0.15, -0.1) is 19.9 Å². The van der Waals surface area contributed by atoms with Crippen molar-refractivity contribution in [3.8, 4) is 11.5 Å². The van der Waals surface area contributed by atoms with Crippen LogP contribution in [0.4, 0.5) is 11.8 Å². The lowest BCUT2D eigenvalue weighted by atomic mass is 9.91. The normalized spacial score (nSPS) is 12.4. The van der Waals surface area contributed by atoms with E-state index in [0.29, 0.717) is 0 Å². The number of hydrogen-bond acceptors (Lipinski definition) is 13. The SMILES string of the molecule is Nc1nnn2[nH]c(=O)c([C@H](C(=O)c3ccc(O)cc3O)c3nc4nnc(N)n4[nH]c3=O)nc12. The minimum absolute atomic E-state index is 0.0958. The van der Waals surface area contributed by atoms with Crippen LogP contribution in [0.3, 0.4) is 0 Å². The van der Waals surface area contributed by atoms with Crippen molar-refractivity contribution in [1.29, 1.82) is 0 Å². The Morgan fingerprint density at radius 2 is 1.73 bits per heavy atom. The fourth-order valence-corrected chi connectivity index (χ4v) is 3.22. The fourth-order valence-electron chi connectivity index (χ4n) is 3.22. The molecule has 0 aliphatic heterocycles. The summed E-state index contributed by atoms with van der Waals surface area (Å²) in [6, 6.07) is 3.18. The number of rotatable bonds is 4. The molecule has 0 aliphatic carbocycles. The highest BCUT2D eigenvalue weighted by Crippen LogP contribution is 2.30. The monoisotopic (exact) mass is 452 g/mol. The predicted molar refractivity (Wildman–Crippen MR) is 108 cm³/mol. The second-order valence-corrected chi connectivity index (χ2v) is 6.78. The van der Waals surface area contributed by atoms with E-state index in [1.165, 1.54) is 0 Å². The summed E-state index contributed by atoms with van der Waals surface area (Å²) in [6.07, 6.45) is 0. The molecule has 1 aromatic carbocycles. The van der Waals surface area contributed by atoms with E-state index in [4.69, 9.17) is 11.5 Å². The van der Waals surface area contributed by atoms with Gasteiger partial charge in [0, 0.05) is 6.07 Å². The van der Waals surface area contributed by atoms with Crippen molar-refractivity contribution in [1.82, 2.24) is 49.8 Å². The summed E-state index contributed by atoms with van der Waals surface area (Å²) in [5, 5.41) is 38.9. The van der Waals surface area contributed by atoms with Crippen LogP contribution >= 0.6 is 0 Å². The molecule has 0 unspecified atom stereocenters. The molecular weight excluding hydrogens is 440 g/mol. The van der Waals surface area contributed by atoms with Crippen molar-refractivity contribution in [2.75, 3.05) is 11.5 Å². The summed E-state index contributed by atoms with van der Waals surface area (Å²) >= 11 is 0. The van der Waals surface area contributed by atoms with Crippen molar-refractivity contribution < 1.29 is 15.0 Å². The zero-order chi connectivity index (χ0) is 23.4. The number of phenolic OH excluding ortho intramolecular Hbond substituents is 2. The number of nitrogens with zero attached hydrogens (tertiary/aromatic N) is 8. The highest BCUT2D eigenvalue weighted by Gasteiger charge is 2.34. The van der Waals surface area contributed by atoms with E-state index in [1.54, 1.807) is 0 Å². The van der Waals surface area contributed by atoms with Crippen molar-refractivity contribution in [2.24, 2.45) is 0 Å². The number of carbonyl (C=O) groups excluding carboxylic acids is 1. The second kappa shape index (κ2) is 6.83. The number of H-pyrrole nitrogens is 2. The number of nitrogens with one attached hydrogen (secondary N) is 2. The average Bonchev–Trinajstić information content (AvgIpc) is 3.30. The lowest BCUT2D eigenvalue weighted by Gasteiger charge is -2.15. The molecule has 33 heavy (non-hydrogen) atoms. The van der Waals surface area contributed by atoms with E-state index < -0.39 is 40.0 Å². The molecule has 0 fully saturated rings. The quantitative estimate of drug-likeness (QED) is 0.155. The van der Waals surface area contributed by atoms with Crippen LogP contribution in [0.5, 0.6) is 11.5 Å². The van der Waals surface area contributed by atoms with Crippen molar-refractivity contribution in [2.45, 2.75) is 5.92 Å². The van der Waals surface area contributed by atoms with Gasteiger partial charge in [-0.05, 0) is 17.3 Å². The molecule has 0 aliphatic rings. The molecule has 17 nitrogen and oxygen atoms in total. The number of aromatic amines is 2. The first-order chi connectivity index (χ1) is 15.7. The van der Waals surface area contributed by atoms with Crippen LogP contribution in [0.15, 0.2) is 27.8 Å². The lowest BCUT2D eigenvalue weighted by molar-refractivity contribution is 0.0967. The number of fused-ring (bicyclic) bond motifs is 2. The van der Waals surface area contributed by atoms with Gasteiger partial charge in [0.2, 0.25) is 11.6 Å². The predicted octanol–water partition coefficient (Wildman–Crippen LogP) is -2.47. The Labute approximate surface area is 179 Å². The van der Waals surface area contributed by atoms with E-state index in [1.807, 2.05) is 0 Å². The van der Waals surface area contributed by atoms with Crippen molar-refractivity contribution in [3.63, 3.8) is 0 Å². The van der Waals surface area contributed by atoms with E-state index in [2.05, 4.69) is 40.7 Å². The first kappa shape index (κ1) is 19.6. The molecule has 1 atom stereocenters. The number of carbonyl (C=O) groups is 1. The number of aromatic nitrogens is 10. The Balaban J connectivity index is 1.81. The third kappa shape index (κ3) is 2.99. The van der Waals surface area contributed by atoms with Crippen LogP contribution in [0.25, 0.3) is 11.4 Å². The number of Topliss-reactive ketones (excluding diaryl/α,β-unsaturated/α-hetero) is 1. The molecule has 0 saturated carbocycles. The third-order valence-electron chi connectivity index (χ3n) is 4.73. The van der Waals surface area contributed by atoms with E-state index >= 15 is 0 Å². The molecule has 5 aromatic rings. The average molecular weight is 452 g/mol. The van der Waals surface area contributed by atoms with Crippen LogP contribution in [-0.2, 0) is 0 Å². The first-order valence-corrected chi connectivity index (χ1v) is 9.02. The number of nitrogen functional groups attached to an aromatic ring is 2. The summed E-state index contributed by atoms with van der Waals surface area (Å²) in [4.78, 5) is 47.3. The van der Waals surface area contributed by atoms with Crippen LogP contribution in [0.2, 0.25) is 0 Å². The van der Waals surface area contributed by atoms with Crippen molar-refractivity contribution in [3.05, 3.63) is 55.9 Å². The van der Waals surface area contributed by atoms with Crippen LogP contribution in [0.1, 0.15) is 27.7 Å². The van der Waals surface area contributed by atoms with E-state index in [-0.39, 0.29) is 34.5 Å². The van der Waals surface area contributed by atoms with Gasteiger partial charge in [-0.3, -0.25) is 19.5 Å². The number of phenols is 2. The number of benzene rings is 1. The molecule has 17 heteroatoms. The number of hydrogen-bond donors (Lipinski definition) is 6. The fraction of sp³-hybridized carbons (Fsp3) is 0.0625. The number of nitrogens with two attached hydrogens (primary N) is 2.